The van der Waals surface area contributed by atoms with Crippen LogP contribution in [-0.2, 0) is 30.3 Å². The maximum atomic E-state index is 12.4. The second-order valence-corrected chi connectivity index (χ2v) is 4.89. The summed E-state index contributed by atoms with van der Waals surface area (Å²) in [5, 5.41) is 9.91. The fourth-order valence-corrected chi connectivity index (χ4v) is 2.24. The molecule has 1 aliphatic heterocycles. The number of carbonyl (C=O) groups is 2. The van der Waals surface area contributed by atoms with E-state index in [1.54, 1.807) is 0 Å². The van der Waals surface area contributed by atoms with E-state index in [1.807, 2.05) is 30.3 Å². The number of benzene rings is 1. The Balaban J connectivity index is 2.15. The highest BCUT2D eigenvalue weighted by molar-refractivity contribution is 5.89. The molecule has 3 atom stereocenters. The lowest BCUT2D eigenvalue weighted by molar-refractivity contribution is -0.224. The molecule has 1 aromatic carbocycles. The standard InChI is InChI=1S/C15H19NO6/c1-20-11-9-16(8-10-6-4-3-5-7-10)14(18)13(22-11)12(17)15(19)21-2/h3-7,11-13,17H,8-9H2,1-2H3/t11?,12-,13-/m1/s1. The minimum Gasteiger partial charge on any atom is -0.467 e. The van der Waals surface area contributed by atoms with Gasteiger partial charge in [0.15, 0.2) is 18.5 Å². The van der Waals surface area contributed by atoms with E-state index in [-0.39, 0.29) is 6.54 Å². The average molecular weight is 309 g/mol. The van der Waals surface area contributed by atoms with Gasteiger partial charge in [-0.3, -0.25) is 4.79 Å². The van der Waals surface area contributed by atoms with Gasteiger partial charge in [-0.25, -0.2) is 4.79 Å². The topological polar surface area (TPSA) is 85.3 Å². The van der Waals surface area contributed by atoms with Crippen LogP contribution in [0.4, 0.5) is 0 Å². The molecule has 1 unspecified atom stereocenters. The number of aliphatic hydroxyl groups excluding tert-OH is 1. The number of esters is 1. The molecular weight excluding hydrogens is 290 g/mol. The summed E-state index contributed by atoms with van der Waals surface area (Å²) in [5.41, 5.74) is 0.930. The van der Waals surface area contributed by atoms with Crippen molar-refractivity contribution in [2.45, 2.75) is 25.0 Å². The smallest absolute Gasteiger partial charge is 0.338 e. The zero-order valence-electron chi connectivity index (χ0n) is 12.5. The van der Waals surface area contributed by atoms with Crippen molar-refractivity contribution in [1.82, 2.24) is 4.90 Å². The molecule has 22 heavy (non-hydrogen) atoms. The third kappa shape index (κ3) is 3.62. The van der Waals surface area contributed by atoms with E-state index in [1.165, 1.54) is 12.0 Å². The van der Waals surface area contributed by atoms with Crippen LogP contribution >= 0.6 is 0 Å². The van der Waals surface area contributed by atoms with Crippen molar-refractivity contribution in [2.75, 3.05) is 20.8 Å². The van der Waals surface area contributed by atoms with Crippen LogP contribution in [0, 0.1) is 0 Å². The van der Waals surface area contributed by atoms with E-state index in [0.29, 0.717) is 6.54 Å². The van der Waals surface area contributed by atoms with Gasteiger partial charge in [0.25, 0.3) is 5.91 Å². The number of nitrogens with zero attached hydrogens (tertiary/aromatic N) is 1. The summed E-state index contributed by atoms with van der Waals surface area (Å²) in [7, 11) is 2.57. The number of amides is 1. The van der Waals surface area contributed by atoms with Gasteiger partial charge in [-0.2, -0.15) is 0 Å². The molecule has 2 rings (SSSR count). The zero-order chi connectivity index (χ0) is 16.1. The zero-order valence-corrected chi connectivity index (χ0v) is 12.5. The molecular formula is C15H19NO6. The highest BCUT2D eigenvalue weighted by atomic mass is 16.7. The first kappa shape index (κ1) is 16.4. The quantitative estimate of drug-likeness (QED) is 0.766. The Hall–Kier alpha value is -1.96. The largest absolute Gasteiger partial charge is 0.467 e. The molecule has 1 N–H and O–H groups in total. The van der Waals surface area contributed by atoms with Crippen LogP contribution in [0.3, 0.4) is 0 Å². The number of ether oxygens (including phenoxy) is 3. The summed E-state index contributed by atoms with van der Waals surface area (Å²) in [6, 6.07) is 9.39. The first-order chi connectivity index (χ1) is 10.6. The van der Waals surface area contributed by atoms with Crippen molar-refractivity contribution < 1.29 is 28.9 Å². The SMILES string of the molecule is COC(=O)[C@H](O)[C@H]1OC(OC)CN(Cc2ccccc2)C1=O. The number of aliphatic hydroxyl groups is 1. The number of hydrogen-bond acceptors (Lipinski definition) is 6. The number of carbonyl (C=O) groups excluding carboxylic acids is 2. The lowest BCUT2D eigenvalue weighted by Gasteiger charge is -2.37. The molecule has 1 amide bonds. The van der Waals surface area contributed by atoms with Gasteiger partial charge in [0.2, 0.25) is 0 Å². The molecule has 0 radical (unpaired) electrons. The van der Waals surface area contributed by atoms with Crippen LogP contribution in [0.1, 0.15) is 5.56 Å². The fraction of sp³-hybridized carbons (Fsp3) is 0.467. The van der Waals surface area contributed by atoms with E-state index in [0.717, 1.165) is 12.7 Å². The molecule has 7 heteroatoms. The Morgan fingerprint density at radius 3 is 2.68 bits per heavy atom. The Kier molecular flexibility index (Phi) is 5.48. The second kappa shape index (κ2) is 7.35. The van der Waals surface area contributed by atoms with Crippen LogP contribution in [0.2, 0.25) is 0 Å². The minimum absolute atomic E-state index is 0.217. The molecule has 7 nitrogen and oxygen atoms in total. The van der Waals surface area contributed by atoms with Crippen molar-refractivity contribution in [2.24, 2.45) is 0 Å². The maximum Gasteiger partial charge on any atom is 0.338 e. The first-order valence-corrected chi connectivity index (χ1v) is 6.83. The van der Waals surface area contributed by atoms with Crippen molar-refractivity contribution >= 4 is 11.9 Å². The molecule has 1 heterocycles. The van der Waals surface area contributed by atoms with Crippen LogP contribution < -0.4 is 0 Å². The van der Waals surface area contributed by atoms with Gasteiger partial charge >= 0.3 is 5.97 Å². The molecule has 0 aliphatic carbocycles. The first-order valence-electron chi connectivity index (χ1n) is 6.83. The van der Waals surface area contributed by atoms with Crippen molar-refractivity contribution in [3.05, 3.63) is 35.9 Å². The van der Waals surface area contributed by atoms with Gasteiger partial charge in [0, 0.05) is 13.7 Å². The van der Waals surface area contributed by atoms with E-state index in [4.69, 9.17) is 9.47 Å². The third-order valence-electron chi connectivity index (χ3n) is 3.43. The lowest BCUT2D eigenvalue weighted by atomic mass is 10.1. The minimum atomic E-state index is -1.69. The van der Waals surface area contributed by atoms with Crippen molar-refractivity contribution in [3.8, 4) is 0 Å². The molecule has 0 spiro atoms. The number of morpholine rings is 1. The van der Waals surface area contributed by atoms with Gasteiger partial charge in [0.1, 0.15) is 0 Å². The average Bonchev–Trinajstić information content (AvgIpc) is 2.56. The summed E-state index contributed by atoms with van der Waals surface area (Å²) >= 11 is 0. The monoisotopic (exact) mass is 309 g/mol. The summed E-state index contributed by atoms with van der Waals surface area (Å²) in [6.45, 7) is 0.557. The molecule has 1 aliphatic rings. The predicted molar refractivity (Wildman–Crippen MR) is 75.6 cm³/mol. The molecule has 0 aromatic heterocycles. The molecule has 0 saturated carbocycles. The van der Waals surface area contributed by atoms with E-state index >= 15 is 0 Å². The van der Waals surface area contributed by atoms with Gasteiger partial charge in [-0.1, -0.05) is 30.3 Å². The van der Waals surface area contributed by atoms with E-state index in [2.05, 4.69) is 4.74 Å². The summed E-state index contributed by atoms with van der Waals surface area (Å²) in [5.74, 6) is -1.40. The second-order valence-electron chi connectivity index (χ2n) is 4.89. The Morgan fingerprint density at radius 2 is 2.09 bits per heavy atom. The third-order valence-corrected chi connectivity index (χ3v) is 3.43. The van der Waals surface area contributed by atoms with E-state index < -0.39 is 30.4 Å². The Bertz CT molecular complexity index is 520. The number of rotatable bonds is 5. The number of methoxy groups -OCH3 is 2. The lowest BCUT2D eigenvalue weighted by Crippen LogP contribution is -2.57. The highest BCUT2D eigenvalue weighted by Gasteiger charge is 2.42. The molecule has 1 aromatic rings. The van der Waals surface area contributed by atoms with Crippen molar-refractivity contribution in [1.29, 1.82) is 0 Å². The Morgan fingerprint density at radius 1 is 1.41 bits per heavy atom. The summed E-state index contributed by atoms with van der Waals surface area (Å²) < 4.78 is 14.9. The molecule has 1 saturated heterocycles. The highest BCUT2D eigenvalue weighted by Crippen LogP contribution is 2.19. The molecule has 1 fully saturated rings. The van der Waals surface area contributed by atoms with Crippen LogP contribution in [-0.4, -0.2) is 61.1 Å². The van der Waals surface area contributed by atoms with Gasteiger partial charge in [0.05, 0.1) is 13.7 Å². The summed E-state index contributed by atoms with van der Waals surface area (Å²) in [4.78, 5) is 25.4. The van der Waals surface area contributed by atoms with Gasteiger partial charge in [-0.05, 0) is 5.56 Å². The molecule has 0 bridgehead atoms. The van der Waals surface area contributed by atoms with Gasteiger partial charge < -0.3 is 24.2 Å². The number of hydrogen-bond donors (Lipinski definition) is 1. The fourth-order valence-electron chi connectivity index (χ4n) is 2.24. The van der Waals surface area contributed by atoms with Crippen LogP contribution in [0.25, 0.3) is 0 Å². The van der Waals surface area contributed by atoms with Crippen molar-refractivity contribution in [3.63, 3.8) is 0 Å². The van der Waals surface area contributed by atoms with Crippen LogP contribution in [0.15, 0.2) is 30.3 Å². The van der Waals surface area contributed by atoms with Gasteiger partial charge in [-0.15, -0.1) is 0 Å². The van der Waals surface area contributed by atoms with Crippen LogP contribution in [0.5, 0.6) is 0 Å². The predicted octanol–water partition coefficient (Wildman–Crippen LogP) is -0.0796. The maximum absolute atomic E-state index is 12.4. The summed E-state index contributed by atoms with van der Waals surface area (Å²) in [6.07, 6.45) is -3.74. The van der Waals surface area contributed by atoms with E-state index in [9.17, 15) is 14.7 Å². The normalized spacial score (nSPS) is 23.2. The Labute approximate surface area is 128 Å². The molecule has 120 valence electrons.